The van der Waals surface area contributed by atoms with E-state index < -0.39 is 11.9 Å². The van der Waals surface area contributed by atoms with E-state index in [0.717, 1.165) is 16.5 Å². The second-order valence-corrected chi connectivity index (χ2v) is 5.86. The zero-order valence-corrected chi connectivity index (χ0v) is 14.1. The SMILES string of the molecule is Cc1nccn1CCNC(=O)CCn1c(C(F)(F)F)cc2cccnc21. The summed E-state index contributed by atoms with van der Waals surface area (Å²) in [6.45, 7) is 2.70. The smallest absolute Gasteiger partial charge is 0.354 e. The first-order chi connectivity index (χ1) is 12.4. The highest BCUT2D eigenvalue weighted by Gasteiger charge is 2.35. The highest BCUT2D eigenvalue weighted by molar-refractivity contribution is 5.79. The van der Waals surface area contributed by atoms with Crippen LogP contribution in [-0.2, 0) is 24.1 Å². The van der Waals surface area contributed by atoms with Crippen molar-refractivity contribution < 1.29 is 18.0 Å². The number of amides is 1. The Morgan fingerprint density at radius 1 is 1.23 bits per heavy atom. The van der Waals surface area contributed by atoms with E-state index in [1.165, 1.54) is 6.20 Å². The number of fused-ring (bicyclic) bond motifs is 1. The third-order valence-corrected chi connectivity index (χ3v) is 4.11. The average Bonchev–Trinajstić information content (AvgIpc) is 3.16. The Hall–Kier alpha value is -2.84. The van der Waals surface area contributed by atoms with Gasteiger partial charge in [-0.2, -0.15) is 13.2 Å². The number of halogens is 3. The van der Waals surface area contributed by atoms with Crippen molar-refractivity contribution in [2.75, 3.05) is 6.54 Å². The molecule has 0 bridgehead atoms. The fourth-order valence-corrected chi connectivity index (χ4v) is 2.81. The molecule has 0 radical (unpaired) electrons. The molecule has 0 fully saturated rings. The Balaban J connectivity index is 1.63. The summed E-state index contributed by atoms with van der Waals surface area (Å²) in [6.07, 6.45) is 0.337. The van der Waals surface area contributed by atoms with E-state index in [9.17, 15) is 18.0 Å². The Labute approximate surface area is 147 Å². The summed E-state index contributed by atoms with van der Waals surface area (Å²) in [4.78, 5) is 20.1. The van der Waals surface area contributed by atoms with Gasteiger partial charge in [0.15, 0.2) is 0 Å². The molecule has 0 aliphatic carbocycles. The molecular weight excluding hydrogens is 347 g/mol. The molecule has 0 aliphatic heterocycles. The molecule has 1 amide bonds. The van der Waals surface area contributed by atoms with Gasteiger partial charge < -0.3 is 14.5 Å². The van der Waals surface area contributed by atoms with Crippen LogP contribution in [0.4, 0.5) is 13.2 Å². The van der Waals surface area contributed by atoms with E-state index in [2.05, 4.69) is 15.3 Å². The van der Waals surface area contributed by atoms with Gasteiger partial charge in [-0.25, -0.2) is 9.97 Å². The first-order valence-corrected chi connectivity index (χ1v) is 8.12. The lowest BCUT2D eigenvalue weighted by Gasteiger charge is -2.13. The zero-order valence-electron chi connectivity index (χ0n) is 14.1. The molecule has 0 saturated carbocycles. The van der Waals surface area contributed by atoms with Gasteiger partial charge in [-0.1, -0.05) is 0 Å². The highest BCUT2D eigenvalue weighted by Crippen LogP contribution is 2.33. The van der Waals surface area contributed by atoms with Crippen molar-refractivity contribution in [3.63, 3.8) is 0 Å². The molecule has 3 aromatic rings. The van der Waals surface area contributed by atoms with Crippen LogP contribution in [0, 0.1) is 6.92 Å². The summed E-state index contributed by atoms with van der Waals surface area (Å²) in [5.41, 5.74) is -0.574. The van der Waals surface area contributed by atoms with Crippen LogP contribution in [0.15, 0.2) is 36.8 Å². The van der Waals surface area contributed by atoms with Gasteiger partial charge in [0.25, 0.3) is 0 Å². The van der Waals surface area contributed by atoms with Gasteiger partial charge in [-0.05, 0) is 25.1 Å². The molecule has 3 heterocycles. The van der Waals surface area contributed by atoms with Crippen LogP contribution in [0.1, 0.15) is 17.9 Å². The molecule has 0 spiro atoms. The maximum Gasteiger partial charge on any atom is 0.431 e. The molecule has 0 unspecified atom stereocenters. The Kier molecular flexibility index (Phi) is 4.97. The van der Waals surface area contributed by atoms with E-state index in [1.807, 2.05) is 11.5 Å². The Morgan fingerprint density at radius 2 is 2.04 bits per heavy atom. The summed E-state index contributed by atoms with van der Waals surface area (Å²) < 4.78 is 42.7. The van der Waals surface area contributed by atoms with Crippen molar-refractivity contribution in [3.05, 3.63) is 48.3 Å². The van der Waals surface area contributed by atoms with Crippen LogP contribution >= 0.6 is 0 Å². The number of hydrogen-bond donors (Lipinski definition) is 1. The molecule has 0 atom stereocenters. The van der Waals surface area contributed by atoms with Gasteiger partial charge in [0, 0.05) is 50.0 Å². The monoisotopic (exact) mass is 365 g/mol. The predicted molar refractivity (Wildman–Crippen MR) is 89.3 cm³/mol. The second kappa shape index (κ2) is 7.19. The van der Waals surface area contributed by atoms with E-state index in [1.54, 1.807) is 24.5 Å². The summed E-state index contributed by atoms with van der Waals surface area (Å²) in [5, 5.41) is 3.11. The number of nitrogens with one attached hydrogen (secondary N) is 1. The van der Waals surface area contributed by atoms with Gasteiger partial charge in [0.1, 0.15) is 17.2 Å². The van der Waals surface area contributed by atoms with Crippen molar-refractivity contribution in [1.29, 1.82) is 0 Å². The first-order valence-electron chi connectivity index (χ1n) is 8.12. The van der Waals surface area contributed by atoms with E-state index in [-0.39, 0.29) is 24.5 Å². The summed E-state index contributed by atoms with van der Waals surface area (Å²) in [6, 6.07) is 4.21. The molecule has 9 heteroatoms. The molecule has 138 valence electrons. The molecule has 0 aromatic carbocycles. The van der Waals surface area contributed by atoms with Gasteiger partial charge in [-0.3, -0.25) is 4.79 Å². The highest BCUT2D eigenvalue weighted by atomic mass is 19.4. The Morgan fingerprint density at radius 3 is 2.73 bits per heavy atom. The van der Waals surface area contributed by atoms with Crippen molar-refractivity contribution in [3.8, 4) is 0 Å². The van der Waals surface area contributed by atoms with Crippen LogP contribution in [0.2, 0.25) is 0 Å². The third-order valence-electron chi connectivity index (χ3n) is 4.11. The quantitative estimate of drug-likeness (QED) is 0.731. The van der Waals surface area contributed by atoms with E-state index in [0.29, 0.717) is 18.5 Å². The minimum absolute atomic E-state index is 0.0631. The summed E-state index contributed by atoms with van der Waals surface area (Å²) in [7, 11) is 0. The lowest BCUT2D eigenvalue weighted by molar-refractivity contribution is -0.143. The zero-order chi connectivity index (χ0) is 18.7. The molecule has 1 N–H and O–H groups in total. The van der Waals surface area contributed by atoms with Crippen LogP contribution in [0.3, 0.4) is 0 Å². The number of aryl methyl sites for hydroxylation is 2. The number of rotatable bonds is 6. The van der Waals surface area contributed by atoms with Crippen molar-refractivity contribution in [2.45, 2.75) is 32.6 Å². The largest absolute Gasteiger partial charge is 0.431 e. The number of aromatic nitrogens is 4. The van der Waals surface area contributed by atoms with E-state index in [4.69, 9.17) is 0 Å². The maximum atomic E-state index is 13.3. The predicted octanol–water partition coefficient (Wildman–Crippen LogP) is 2.77. The van der Waals surface area contributed by atoms with Gasteiger partial charge in [0.2, 0.25) is 5.91 Å². The minimum atomic E-state index is -4.50. The summed E-state index contributed by atoms with van der Waals surface area (Å²) >= 11 is 0. The Bertz CT molecular complexity index is 913. The number of hydrogen-bond acceptors (Lipinski definition) is 3. The van der Waals surface area contributed by atoms with Gasteiger partial charge in [0.05, 0.1) is 0 Å². The normalized spacial score (nSPS) is 11.8. The standard InChI is InChI=1S/C17H18F3N5O/c1-12-21-6-9-24(12)10-7-22-15(26)4-8-25-14(17(18,19)20)11-13-3-2-5-23-16(13)25/h2-3,5-6,9,11H,4,7-8,10H2,1H3,(H,22,26). The molecule has 0 saturated heterocycles. The van der Waals surface area contributed by atoms with Crippen LogP contribution in [0.5, 0.6) is 0 Å². The lowest BCUT2D eigenvalue weighted by Crippen LogP contribution is -2.28. The summed E-state index contributed by atoms with van der Waals surface area (Å²) in [5.74, 6) is 0.521. The third kappa shape index (κ3) is 3.87. The fourth-order valence-electron chi connectivity index (χ4n) is 2.81. The molecule has 0 aliphatic rings. The number of alkyl halides is 3. The van der Waals surface area contributed by atoms with Crippen molar-refractivity contribution in [1.82, 2.24) is 24.4 Å². The van der Waals surface area contributed by atoms with Crippen LogP contribution < -0.4 is 5.32 Å². The van der Waals surface area contributed by atoms with Crippen molar-refractivity contribution in [2.24, 2.45) is 0 Å². The molecule has 26 heavy (non-hydrogen) atoms. The molecule has 6 nitrogen and oxygen atoms in total. The van der Waals surface area contributed by atoms with E-state index >= 15 is 0 Å². The lowest BCUT2D eigenvalue weighted by atomic mass is 10.3. The molecule has 3 rings (SSSR count). The van der Waals surface area contributed by atoms with Crippen molar-refractivity contribution >= 4 is 16.9 Å². The topological polar surface area (TPSA) is 64.7 Å². The minimum Gasteiger partial charge on any atom is -0.354 e. The van der Waals surface area contributed by atoms with Gasteiger partial charge >= 0.3 is 6.18 Å². The number of nitrogens with zero attached hydrogens (tertiary/aromatic N) is 4. The first kappa shape index (κ1) is 18.0. The van der Waals surface area contributed by atoms with Crippen LogP contribution in [-0.4, -0.2) is 31.6 Å². The maximum absolute atomic E-state index is 13.3. The second-order valence-electron chi connectivity index (χ2n) is 5.86. The fraction of sp³-hybridized carbons (Fsp3) is 0.353. The molecular formula is C17H18F3N5O. The van der Waals surface area contributed by atoms with Gasteiger partial charge in [-0.15, -0.1) is 0 Å². The number of carbonyl (C=O) groups is 1. The molecule has 3 aromatic heterocycles. The number of imidazole rings is 1. The number of carbonyl (C=O) groups excluding carboxylic acids is 1. The average molecular weight is 365 g/mol. The number of pyridine rings is 1. The van der Waals surface area contributed by atoms with Crippen LogP contribution in [0.25, 0.3) is 11.0 Å².